The van der Waals surface area contributed by atoms with Crippen molar-refractivity contribution in [1.82, 2.24) is 20.0 Å². The van der Waals surface area contributed by atoms with Crippen molar-refractivity contribution in [2.24, 2.45) is 10.9 Å². The van der Waals surface area contributed by atoms with E-state index in [0.29, 0.717) is 19.7 Å². The van der Waals surface area contributed by atoms with Crippen LogP contribution in [-0.4, -0.2) is 92.3 Å². The number of piperazine rings is 1. The Hall–Kier alpha value is -1.50. The molecule has 2 aliphatic rings. The second kappa shape index (κ2) is 10.5. The zero-order chi connectivity index (χ0) is 18.1. The molecule has 7 heteroatoms. The molecule has 0 radical (unpaired) electrons. The Labute approximate surface area is 152 Å². The van der Waals surface area contributed by atoms with Gasteiger partial charge in [0.05, 0.1) is 13.2 Å². The Morgan fingerprint density at radius 3 is 2.32 bits per heavy atom. The number of ether oxygens (including phenoxy) is 1. The average molecular weight is 354 g/mol. The standard InChI is InChI=1S/C18H35N5O2/c1-4-19-17(20-8-11-21-9-6-16(3)7-10-21)22-12-14-23(15-13-22)18(24)25-5-2/h16H,4-15H2,1-3H3,(H,19,20). The number of hydrogen-bond acceptors (Lipinski definition) is 4. The number of aliphatic imine (C=N–C) groups is 1. The topological polar surface area (TPSA) is 60.4 Å². The lowest BCUT2D eigenvalue weighted by atomic mass is 9.99. The lowest BCUT2D eigenvalue weighted by Gasteiger charge is -2.36. The van der Waals surface area contributed by atoms with Gasteiger partial charge in [0.1, 0.15) is 0 Å². The van der Waals surface area contributed by atoms with Crippen LogP contribution in [0.4, 0.5) is 4.79 Å². The molecule has 0 aliphatic carbocycles. The highest BCUT2D eigenvalue weighted by Gasteiger charge is 2.23. The smallest absolute Gasteiger partial charge is 0.409 e. The minimum Gasteiger partial charge on any atom is -0.450 e. The lowest BCUT2D eigenvalue weighted by molar-refractivity contribution is 0.0914. The van der Waals surface area contributed by atoms with Crippen molar-refractivity contribution in [3.63, 3.8) is 0 Å². The summed E-state index contributed by atoms with van der Waals surface area (Å²) in [6.45, 7) is 14.8. The first-order chi connectivity index (χ1) is 12.1. The van der Waals surface area contributed by atoms with Gasteiger partial charge >= 0.3 is 6.09 Å². The first-order valence-corrected chi connectivity index (χ1v) is 9.81. The Kier molecular flexibility index (Phi) is 8.31. The molecule has 2 saturated heterocycles. The van der Waals surface area contributed by atoms with E-state index in [-0.39, 0.29) is 6.09 Å². The summed E-state index contributed by atoms with van der Waals surface area (Å²) in [6, 6.07) is 0. The van der Waals surface area contributed by atoms with E-state index >= 15 is 0 Å². The molecule has 0 unspecified atom stereocenters. The van der Waals surface area contributed by atoms with Gasteiger partial charge in [-0.3, -0.25) is 4.99 Å². The van der Waals surface area contributed by atoms with Gasteiger partial charge in [0.15, 0.2) is 5.96 Å². The van der Waals surface area contributed by atoms with Gasteiger partial charge < -0.3 is 24.8 Å². The van der Waals surface area contributed by atoms with Gasteiger partial charge in [-0.15, -0.1) is 0 Å². The van der Waals surface area contributed by atoms with Crippen LogP contribution in [0.5, 0.6) is 0 Å². The van der Waals surface area contributed by atoms with Gasteiger partial charge in [-0.2, -0.15) is 0 Å². The number of piperidine rings is 1. The van der Waals surface area contributed by atoms with Gasteiger partial charge in [-0.25, -0.2) is 4.79 Å². The van der Waals surface area contributed by atoms with E-state index in [1.165, 1.54) is 25.9 Å². The summed E-state index contributed by atoms with van der Waals surface area (Å²) in [5.41, 5.74) is 0. The van der Waals surface area contributed by atoms with Crippen LogP contribution in [0.1, 0.15) is 33.6 Å². The molecule has 0 atom stereocenters. The summed E-state index contributed by atoms with van der Waals surface area (Å²) in [5.74, 6) is 1.84. The average Bonchev–Trinajstić information content (AvgIpc) is 2.63. The van der Waals surface area contributed by atoms with E-state index in [4.69, 9.17) is 9.73 Å². The van der Waals surface area contributed by atoms with Gasteiger partial charge in [-0.1, -0.05) is 6.92 Å². The molecule has 0 spiro atoms. The van der Waals surface area contributed by atoms with Crippen LogP contribution in [0.25, 0.3) is 0 Å². The molecule has 7 nitrogen and oxygen atoms in total. The van der Waals surface area contributed by atoms with E-state index in [0.717, 1.165) is 44.6 Å². The van der Waals surface area contributed by atoms with E-state index < -0.39 is 0 Å². The van der Waals surface area contributed by atoms with Crippen molar-refractivity contribution in [3.05, 3.63) is 0 Å². The largest absolute Gasteiger partial charge is 0.450 e. The molecule has 0 aromatic heterocycles. The van der Waals surface area contributed by atoms with Crippen molar-refractivity contribution in [2.45, 2.75) is 33.6 Å². The maximum Gasteiger partial charge on any atom is 0.409 e. The summed E-state index contributed by atoms with van der Waals surface area (Å²) in [7, 11) is 0. The highest BCUT2D eigenvalue weighted by atomic mass is 16.6. The highest BCUT2D eigenvalue weighted by Crippen LogP contribution is 2.15. The number of guanidine groups is 1. The molecule has 2 aliphatic heterocycles. The highest BCUT2D eigenvalue weighted by molar-refractivity contribution is 5.80. The molecule has 144 valence electrons. The predicted octanol–water partition coefficient (Wildman–Crippen LogP) is 1.46. The molecule has 1 N–H and O–H groups in total. The monoisotopic (exact) mass is 353 g/mol. The van der Waals surface area contributed by atoms with E-state index in [1.54, 1.807) is 4.90 Å². The first-order valence-electron chi connectivity index (χ1n) is 9.81. The summed E-state index contributed by atoms with van der Waals surface area (Å²) < 4.78 is 5.08. The second-order valence-electron chi connectivity index (χ2n) is 6.93. The molecule has 2 heterocycles. The maximum absolute atomic E-state index is 11.8. The second-order valence-corrected chi connectivity index (χ2v) is 6.93. The summed E-state index contributed by atoms with van der Waals surface area (Å²) in [4.78, 5) is 23.2. The number of nitrogens with zero attached hydrogens (tertiary/aromatic N) is 4. The summed E-state index contributed by atoms with van der Waals surface area (Å²) >= 11 is 0. The van der Waals surface area contributed by atoms with Crippen LogP contribution in [0.15, 0.2) is 4.99 Å². The summed E-state index contributed by atoms with van der Waals surface area (Å²) in [6.07, 6.45) is 2.41. The predicted molar refractivity (Wildman–Crippen MR) is 101 cm³/mol. The van der Waals surface area contributed by atoms with Crippen LogP contribution >= 0.6 is 0 Å². The Bertz CT molecular complexity index is 427. The molecule has 0 aromatic carbocycles. The third-order valence-electron chi connectivity index (χ3n) is 4.99. The molecule has 0 saturated carbocycles. The van der Waals surface area contributed by atoms with E-state index in [1.807, 2.05) is 6.92 Å². The molecular weight excluding hydrogens is 318 g/mol. The fraction of sp³-hybridized carbons (Fsp3) is 0.889. The number of hydrogen-bond donors (Lipinski definition) is 1. The van der Waals surface area contributed by atoms with Gasteiger partial charge in [0, 0.05) is 39.3 Å². The zero-order valence-corrected chi connectivity index (χ0v) is 16.2. The van der Waals surface area contributed by atoms with Crippen molar-refractivity contribution in [3.8, 4) is 0 Å². The Morgan fingerprint density at radius 2 is 1.72 bits per heavy atom. The SMILES string of the molecule is CCNC(=NCCN1CCC(C)CC1)N1CCN(C(=O)OCC)CC1. The van der Waals surface area contributed by atoms with Crippen molar-refractivity contribution < 1.29 is 9.53 Å². The van der Waals surface area contributed by atoms with Gasteiger partial charge in [0.2, 0.25) is 0 Å². The number of carbonyl (C=O) groups excluding carboxylic acids is 1. The van der Waals surface area contributed by atoms with Crippen molar-refractivity contribution in [1.29, 1.82) is 0 Å². The Balaban J connectivity index is 1.78. The first kappa shape index (κ1) is 19.8. The normalized spacial score (nSPS) is 20.7. The van der Waals surface area contributed by atoms with E-state index in [2.05, 4.69) is 29.0 Å². The van der Waals surface area contributed by atoms with Crippen LogP contribution in [0.2, 0.25) is 0 Å². The molecule has 1 amide bonds. The van der Waals surface area contributed by atoms with Gasteiger partial charge in [-0.05, 0) is 45.7 Å². The number of carbonyl (C=O) groups is 1. The Morgan fingerprint density at radius 1 is 1.08 bits per heavy atom. The minimum absolute atomic E-state index is 0.205. The molecule has 0 bridgehead atoms. The zero-order valence-electron chi connectivity index (χ0n) is 16.2. The molecule has 2 rings (SSSR count). The molecular formula is C18H35N5O2. The molecule has 2 fully saturated rings. The fourth-order valence-electron chi connectivity index (χ4n) is 3.32. The lowest BCUT2D eigenvalue weighted by Crippen LogP contribution is -2.54. The van der Waals surface area contributed by atoms with E-state index in [9.17, 15) is 4.79 Å². The number of likely N-dealkylation sites (tertiary alicyclic amines) is 1. The number of amides is 1. The third-order valence-corrected chi connectivity index (χ3v) is 4.99. The van der Waals surface area contributed by atoms with Gasteiger partial charge in [0.25, 0.3) is 0 Å². The van der Waals surface area contributed by atoms with Crippen LogP contribution in [0.3, 0.4) is 0 Å². The maximum atomic E-state index is 11.8. The number of nitrogens with one attached hydrogen (secondary N) is 1. The van der Waals surface area contributed by atoms with Crippen LogP contribution < -0.4 is 5.32 Å². The van der Waals surface area contributed by atoms with Crippen molar-refractivity contribution in [2.75, 3.05) is 65.5 Å². The molecule has 25 heavy (non-hydrogen) atoms. The minimum atomic E-state index is -0.205. The molecule has 0 aromatic rings. The fourth-order valence-corrected chi connectivity index (χ4v) is 3.32. The van der Waals surface area contributed by atoms with Crippen LogP contribution in [-0.2, 0) is 4.74 Å². The quantitative estimate of drug-likeness (QED) is 0.599. The summed E-state index contributed by atoms with van der Waals surface area (Å²) in [5, 5.41) is 3.39. The van der Waals surface area contributed by atoms with Crippen molar-refractivity contribution >= 4 is 12.1 Å². The van der Waals surface area contributed by atoms with Crippen LogP contribution in [0, 0.1) is 5.92 Å². The number of rotatable bonds is 5. The third kappa shape index (κ3) is 6.38.